The van der Waals surface area contributed by atoms with Gasteiger partial charge in [0, 0.05) is 28.8 Å². The highest BCUT2D eigenvalue weighted by atomic mass is 32.2. The number of para-hydroxylation sites is 1. The highest BCUT2D eigenvalue weighted by molar-refractivity contribution is 7.89. The molecule has 0 spiro atoms. The van der Waals surface area contributed by atoms with Crippen LogP contribution in [0.2, 0.25) is 0 Å². The molecule has 13 nitrogen and oxygen atoms in total. The fourth-order valence-electron chi connectivity index (χ4n) is 5.06. The number of hydrogen-bond donors (Lipinski definition) is 4. The molecule has 0 saturated heterocycles. The Morgan fingerprint density at radius 1 is 0.774 bits per heavy atom. The standard InChI is InChI=1S/C19H16FN5O3S.C18H13FN4O/c20-15-9-12(5-6-14(15)19-16(10-21)25-18(22)11-23-19)13-3-1-2-4-17(13)29(27,28)24-7-8-26;19-15-9-12(13-3-1-2-4-17(13)24-8-7-20)5-6-14(15)16-10-23-18(21)11-22-16/h1-6,9,11,24,26H,7-8H2,(H2,22,25);1-6,9-11H,8H2,(H2,21,23). The molecule has 53 heavy (non-hydrogen) atoms. The van der Waals surface area contributed by atoms with E-state index in [1.165, 1.54) is 42.9 Å². The smallest absolute Gasteiger partial charge is 0.241 e. The Morgan fingerprint density at radius 2 is 1.42 bits per heavy atom. The zero-order chi connectivity index (χ0) is 38.0. The van der Waals surface area contributed by atoms with Gasteiger partial charge in [-0.1, -0.05) is 48.5 Å². The Hall–Kier alpha value is -6.85. The molecule has 2 heterocycles. The second-order valence-corrected chi connectivity index (χ2v) is 12.6. The number of ether oxygens (including phenoxy) is 1. The van der Waals surface area contributed by atoms with Crippen molar-refractivity contribution in [3.05, 3.63) is 121 Å². The largest absolute Gasteiger partial charge is 0.478 e. The van der Waals surface area contributed by atoms with Gasteiger partial charge in [0.1, 0.15) is 46.9 Å². The molecule has 2 aromatic heterocycles. The summed E-state index contributed by atoms with van der Waals surface area (Å²) in [5, 5.41) is 26.7. The molecule has 0 fully saturated rings. The van der Waals surface area contributed by atoms with E-state index in [1.807, 2.05) is 24.3 Å². The fraction of sp³-hybridized carbons (Fsp3) is 0.0811. The first-order valence-corrected chi connectivity index (χ1v) is 17.0. The van der Waals surface area contributed by atoms with Crippen LogP contribution in [0.4, 0.5) is 20.4 Å². The lowest BCUT2D eigenvalue weighted by Crippen LogP contribution is -2.27. The molecule has 0 aliphatic heterocycles. The van der Waals surface area contributed by atoms with Crippen LogP contribution in [0.25, 0.3) is 44.8 Å². The number of nitrogens with one attached hydrogen (secondary N) is 1. The molecule has 16 heteroatoms. The lowest BCUT2D eigenvalue weighted by Gasteiger charge is -2.12. The van der Waals surface area contributed by atoms with Crippen molar-refractivity contribution in [2.45, 2.75) is 4.90 Å². The number of halogens is 2. The quantitative estimate of drug-likeness (QED) is 0.144. The van der Waals surface area contributed by atoms with Crippen molar-refractivity contribution in [2.75, 3.05) is 31.2 Å². The summed E-state index contributed by atoms with van der Waals surface area (Å²) in [6, 6.07) is 25.9. The highest BCUT2D eigenvalue weighted by Crippen LogP contribution is 2.34. The van der Waals surface area contributed by atoms with Crippen LogP contribution in [0, 0.1) is 34.3 Å². The van der Waals surface area contributed by atoms with Gasteiger partial charge < -0.3 is 21.3 Å². The molecule has 6 rings (SSSR count). The number of aliphatic hydroxyl groups is 1. The molecule has 4 aromatic carbocycles. The number of sulfonamides is 1. The molecule has 0 atom stereocenters. The van der Waals surface area contributed by atoms with E-state index in [4.69, 9.17) is 26.6 Å². The van der Waals surface area contributed by atoms with E-state index in [0.717, 1.165) is 6.07 Å². The van der Waals surface area contributed by atoms with E-state index in [2.05, 4.69) is 24.7 Å². The maximum atomic E-state index is 14.9. The predicted octanol–water partition coefficient (Wildman–Crippen LogP) is 5.11. The van der Waals surface area contributed by atoms with Crippen molar-refractivity contribution in [1.82, 2.24) is 24.7 Å². The van der Waals surface area contributed by atoms with Crippen LogP contribution < -0.4 is 20.9 Å². The number of hydrogen-bond acceptors (Lipinski definition) is 12. The first-order chi connectivity index (χ1) is 25.6. The normalized spacial score (nSPS) is 10.7. The van der Waals surface area contributed by atoms with Gasteiger partial charge in [-0.15, -0.1) is 0 Å². The number of nitriles is 2. The predicted molar refractivity (Wildman–Crippen MR) is 193 cm³/mol. The van der Waals surface area contributed by atoms with Gasteiger partial charge in [-0.25, -0.2) is 36.9 Å². The van der Waals surface area contributed by atoms with Gasteiger partial charge in [0.15, 0.2) is 12.3 Å². The van der Waals surface area contributed by atoms with Crippen molar-refractivity contribution in [3.8, 4) is 62.7 Å². The van der Waals surface area contributed by atoms with E-state index in [9.17, 15) is 22.5 Å². The summed E-state index contributed by atoms with van der Waals surface area (Å²) >= 11 is 0. The van der Waals surface area contributed by atoms with Crippen LogP contribution in [0.5, 0.6) is 5.75 Å². The Bertz CT molecular complexity index is 2450. The molecule has 0 saturated carbocycles. The van der Waals surface area contributed by atoms with E-state index in [1.54, 1.807) is 42.5 Å². The first kappa shape index (κ1) is 37.4. The molecule has 266 valence electrons. The first-order valence-electron chi connectivity index (χ1n) is 15.5. The highest BCUT2D eigenvalue weighted by Gasteiger charge is 2.20. The van der Waals surface area contributed by atoms with Crippen LogP contribution in [-0.4, -0.2) is 53.2 Å². The molecule has 6 N–H and O–H groups in total. The number of anilines is 2. The van der Waals surface area contributed by atoms with E-state index in [-0.39, 0.29) is 58.8 Å². The third kappa shape index (κ3) is 8.91. The van der Waals surface area contributed by atoms with Gasteiger partial charge in [0.25, 0.3) is 0 Å². The number of nitrogens with zero attached hydrogens (tertiary/aromatic N) is 6. The molecule has 0 aliphatic carbocycles. The van der Waals surface area contributed by atoms with Crippen molar-refractivity contribution >= 4 is 21.7 Å². The number of aromatic nitrogens is 4. The van der Waals surface area contributed by atoms with E-state index < -0.39 is 21.7 Å². The molecule has 0 unspecified atom stereocenters. The van der Waals surface area contributed by atoms with Crippen LogP contribution in [-0.2, 0) is 10.0 Å². The lowest BCUT2D eigenvalue weighted by atomic mass is 10.0. The molecule has 6 aromatic rings. The fourth-order valence-corrected chi connectivity index (χ4v) is 6.31. The SMILES string of the molecule is N#CCOc1ccccc1-c1ccc(-c2cnc(N)cn2)c(F)c1.N#Cc1nc(N)cnc1-c1ccc(-c2ccccc2S(=O)(=O)NCCO)cc1F. The van der Waals surface area contributed by atoms with Gasteiger partial charge in [-0.05, 0) is 47.5 Å². The zero-order valence-corrected chi connectivity index (χ0v) is 28.4. The lowest BCUT2D eigenvalue weighted by molar-refractivity contribution is 0.301. The number of nitrogen functional groups attached to an aromatic ring is 2. The molecule has 0 bridgehead atoms. The van der Waals surface area contributed by atoms with Crippen molar-refractivity contribution in [2.24, 2.45) is 0 Å². The zero-order valence-electron chi connectivity index (χ0n) is 27.6. The summed E-state index contributed by atoms with van der Waals surface area (Å²) in [5.41, 5.74) is 13.7. The average molecular weight is 734 g/mol. The van der Waals surface area contributed by atoms with Crippen LogP contribution in [0.1, 0.15) is 5.69 Å². The van der Waals surface area contributed by atoms with Crippen molar-refractivity contribution in [3.63, 3.8) is 0 Å². The van der Waals surface area contributed by atoms with Gasteiger partial charge in [-0.2, -0.15) is 10.5 Å². The summed E-state index contributed by atoms with van der Waals surface area (Å²) < 4.78 is 62.0. The maximum absolute atomic E-state index is 14.9. The van der Waals surface area contributed by atoms with Crippen molar-refractivity contribution in [1.29, 1.82) is 10.5 Å². The van der Waals surface area contributed by atoms with Gasteiger partial charge in [-0.3, -0.25) is 4.98 Å². The van der Waals surface area contributed by atoms with Gasteiger partial charge in [0.2, 0.25) is 10.0 Å². The Kier molecular flexibility index (Phi) is 11.9. The third-order valence-electron chi connectivity index (χ3n) is 7.42. The van der Waals surface area contributed by atoms with E-state index in [0.29, 0.717) is 33.7 Å². The Balaban J connectivity index is 0.000000208. The summed E-state index contributed by atoms with van der Waals surface area (Å²) in [4.78, 5) is 15.8. The van der Waals surface area contributed by atoms with Gasteiger partial charge >= 0.3 is 0 Å². The minimum Gasteiger partial charge on any atom is -0.478 e. The minimum absolute atomic E-state index is 0.0382. The summed E-state index contributed by atoms with van der Waals surface area (Å²) in [6.07, 6.45) is 4.03. The van der Waals surface area contributed by atoms with Crippen LogP contribution in [0.15, 0.2) is 108 Å². The molecular weight excluding hydrogens is 705 g/mol. The Morgan fingerprint density at radius 3 is 2.06 bits per heavy atom. The minimum atomic E-state index is -3.90. The van der Waals surface area contributed by atoms with Crippen LogP contribution in [0.3, 0.4) is 0 Å². The number of benzene rings is 4. The second kappa shape index (κ2) is 16.9. The molecule has 0 amide bonds. The summed E-state index contributed by atoms with van der Waals surface area (Å²) in [7, 11) is -3.90. The maximum Gasteiger partial charge on any atom is 0.241 e. The third-order valence-corrected chi connectivity index (χ3v) is 8.94. The van der Waals surface area contributed by atoms with Gasteiger partial charge in [0.05, 0.1) is 35.8 Å². The molecule has 0 radical (unpaired) electrons. The Labute approximate surface area is 302 Å². The monoisotopic (exact) mass is 733 g/mol. The van der Waals surface area contributed by atoms with Crippen LogP contribution >= 0.6 is 0 Å². The number of rotatable bonds is 10. The molecular formula is C37H29F2N9O4S. The topological polar surface area (TPSA) is 227 Å². The van der Waals surface area contributed by atoms with Crippen molar-refractivity contribution < 1.29 is 27.0 Å². The van der Waals surface area contributed by atoms with E-state index >= 15 is 0 Å². The number of aliphatic hydroxyl groups excluding tert-OH is 1. The number of nitrogens with two attached hydrogens (primary N) is 2. The molecule has 0 aliphatic rings. The summed E-state index contributed by atoms with van der Waals surface area (Å²) in [5.74, 6) is -0.287. The average Bonchev–Trinajstić information content (AvgIpc) is 3.17. The second-order valence-electron chi connectivity index (χ2n) is 10.9. The summed E-state index contributed by atoms with van der Waals surface area (Å²) in [6.45, 7) is -0.566.